The normalized spacial score (nSPS) is 14.4. The van der Waals surface area contributed by atoms with Crippen molar-refractivity contribution in [2.75, 3.05) is 23.3 Å². The molecule has 1 N–H and O–H groups in total. The molecule has 0 unspecified atom stereocenters. The predicted molar refractivity (Wildman–Crippen MR) is 123 cm³/mol. The zero-order valence-electron chi connectivity index (χ0n) is 18.3. The molecule has 0 bridgehead atoms. The lowest BCUT2D eigenvalue weighted by Gasteiger charge is -2.32. The quantitative estimate of drug-likeness (QED) is 0.630. The molecule has 0 atom stereocenters. The highest BCUT2D eigenvalue weighted by Crippen LogP contribution is 2.31. The number of amides is 1. The molecule has 0 spiro atoms. The lowest BCUT2D eigenvalue weighted by atomic mass is 9.95. The number of carbonyl (C=O) groups is 1. The number of carbonyl (C=O) groups excluding carboxylic acids is 1. The molecule has 6 heteroatoms. The van der Waals surface area contributed by atoms with E-state index in [1.807, 2.05) is 57.2 Å². The standard InChI is InChI=1S/C25H28N4O2/c1-17-4-6-22(7-5-17)31-25-23(26-10-11-27-25)29-12-8-20(9-13-29)24(30)28-21-15-18(2)14-19(3)16-21/h4-7,10-11,14-16,20H,8-9,12-13H2,1-3H3,(H,28,30). The summed E-state index contributed by atoms with van der Waals surface area (Å²) < 4.78 is 6.00. The van der Waals surface area contributed by atoms with Gasteiger partial charge in [0.2, 0.25) is 5.91 Å². The maximum atomic E-state index is 12.8. The summed E-state index contributed by atoms with van der Waals surface area (Å²) in [6, 6.07) is 14.0. The molecule has 2 aromatic carbocycles. The van der Waals surface area contributed by atoms with E-state index in [4.69, 9.17) is 4.74 Å². The van der Waals surface area contributed by atoms with Gasteiger partial charge in [0.05, 0.1) is 0 Å². The van der Waals surface area contributed by atoms with Crippen molar-refractivity contribution in [1.82, 2.24) is 9.97 Å². The van der Waals surface area contributed by atoms with E-state index in [-0.39, 0.29) is 11.8 Å². The second-order valence-electron chi connectivity index (χ2n) is 8.23. The molecule has 0 radical (unpaired) electrons. The van der Waals surface area contributed by atoms with Crippen LogP contribution in [0.15, 0.2) is 54.9 Å². The molecule has 160 valence electrons. The van der Waals surface area contributed by atoms with Gasteiger partial charge in [-0.3, -0.25) is 4.79 Å². The summed E-state index contributed by atoms with van der Waals surface area (Å²) in [5.41, 5.74) is 4.34. The third-order valence-electron chi connectivity index (χ3n) is 5.54. The molecule has 4 rings (SSSR count). The van der Waals surface area contributed by atoms with E-state index in [9.17, 15) is 4.79 Å². The lowest BCUT2D eigenvalue weighted by molar-refractivity contribution is -0.120. The fourth-order valence-corrected chi connectivity index (χ4v) is 3.97. The number of benzene rings is 2. The van der Waals surface area contributed by atoms with Gasteiger partial charge in [-0.05, 0) is 69.0 Å². The second-order valence-corrected chi connectivity index (χ2v) is 8.23. The Morgan fingerprint density at radius 3 is 2.26 bits per heavy atom. The van der Waals surface area contributed by atoms with Crippen LogP contribution in [-0.4, -0.2) is 29.0 Å². The molecule has 0 saturated carbocycles. The molecule has 1 saturated heterocycles. The first kappa shape index (κ1) is 20.8. The van der Waals surface area contributed by atoms with Crippen LogP contribution in [0, 0.1) is 26.7 Å². The maximum absolute atomic E-state index is 12.8. The molecule has 1 aromatic heterocycles. The van der Waals surface area contributed by atoms with Gasteiger partial charge in [-0.2, -0.15) is 0 Å². The minimum absolute atomic E-state index is 0.0183. The van der Waals surface area contributed by atoms with Gasteiger partial charge in [-0.25, -0.2) is 9.97 Å². The molecular weight excluding hydrogens is 388 g/mol. The average Bonchev–Trinajstić information content (AvgIpc) is 2.75. The van der Waals surface area contributed by atoms with Crippen LogP contribution >= 0.6 is 0 Å². The Balaban J connectivity index is 1.39. The SMILES string of the molecule is Cc1ccc(Oc2nccnc2N2CCC(C(=O)Nc3cc(C)cc(C)c3)CC2)cc1. The second kappa shape index (κ2) is 9.16. The van der Waals surface area contributed by atoms with Crippen LogP contribution in [0.3, 0.4) is 0 Å². The van der Waals surface area contributed by atoms with E-state index < -0.39 is 0 Å². The van der Waals surface area contributed by atoms with E-state index in [1.54, 1.807) is 12.4 Å². The molecule has 31 heavy (non-hydrogen) atoms. The van der Waals surface area contributed by atoms with E-state index in [2.05, 4.69) is 26.3 Å². The largest absolute Gasteiger partial charge is 0.436 e. The van der Waals surface area contributed by atoms with Gasteiger partial charge >= 0.3 is 0 Å². The summed E-state index contributed by atoms with van der Waals surface area (Å²) in [7, 11) is 0. The number of nitrogens with one attached hydrogen (secondary N) is 1. The Morgan fingerprint density at radius 2 is 1.58 bits per heavy atom. The summed E-state index contributed by atoms with van der Waals surface area (Å²) in [6.07, 6.45) is 4.83. The van der Waals surface area contributed by atoms with Crippen molar-refractivity contribution < 1.29 is 9.53 Å². The van der Waals surface area contributed by atoms with Crippen LogP contribution in [0.5, 0.6) is 11.6 Å². The van der Waals surface area contributed by atoms with Crippen LogP contribution in [0.4, 0.5) is 11.5 Å². The molecule has 3 aromatic rings. The number of aryl methyl sites for hydroxylation is 3. The average molecular weight is 417 g/mol. The van der Waals surface area contributed by atoms with Crippen molar-refractivity contribution in [3.63, 3.8) is 0 Å². The summed E-state index contributed by atoms with van der Waals surface area (Å²) in [5.74, 6) is 2.01. The minimum Gasteiger partial charge on any atom is -0.436 e. The molecule has 2 heterocycles. The molecule has 1 aliphatic rings. The van der Waals surface area contributed by atoms with Crippen molar-refractivity contribution in [1.29, 1.82) is 0 Å². The van der Waals surface area contributed by atoms with Crippen LogP contribution in [0.2, 0.25) is 0 Å². The molecular formula is C25H28N4O2. The van der Waals surface area contributed by atoms with Crippen molar-refractivity contribution in [2.24, 2.45) is 5.92 Å². The number of nitrogens with zero attached hydrogens (tertiary/aromatic N) is 3. The van der Waals surface area contributed by atoms with Crippen molar-refractivity contribution >= 4 is 17.4 Å². The Hall–Kier alpha value is -3.41. The van der Waals surface area contributed by atoms with Crippen LogP contribution in [0.1, 0.15) is 29.5 Å². The Kier molecular flexibility index (Phi) is 6.16. The fourth-order valence-electron chi connectivity index (χ4n) is 3.97. The highest BCUT2D eigenvalue weighted by Gasteiger charge is 2.27. The van der Waals surface area contributed by atoms with Gasteiger partial charge in [0.25, 0.3) is 5.88 Å². The lowest BCUT2D eigenvalue weighted by Crippen LogP contribution is -2.38. The summed E-state index contributed by atoms with van der Waals surface area (Å²) in [6.45, 7) is 7.58. The Labute approximate surface area is 183 Å². The number of piperidine rings is 1. The van der Waals surface area contributed by atoms with Gasteiger partial charge in [-0.1, -0.05) is 23.8 Å². The first-order valence-corrected chi connectivity index (χ1v) is 10.7. The number of hydrogen-bond donors (Lipinski definition) is 1. The number of rotatable bonds is 5. The highest BCUT2D eigenvalue weighted by atomic mass is 16.5. The zero-order valence-corrected chi connectivity index (χ0v) is 18.3. The Morgan fingerprint density at radius 1 is 0.935 bits per heavy atom. The van der Waals surface area contributed by atoms with E-state index in [1.165, 1.54) is 5.56 Å². The number of anilines is 2. The van der Waals surface area contributed by atoms with Crippen LogP contribution in [-0.2, 0) is 4.79 Å². The van der Waals surface area contributed by atoms with E-state index in [0.29, 0.717) is 5.88 Å². The van der Waals surface area contributed by atoms with E-state index >= 15 is 0 Å². The molecule has 0 aliphatic carbocycles. The first-order chi connectivity index (χ1) is 15.0. The highest BCUT2D eigenvalue weighted by molar-refractivity contribution is 5.92. The van der Waals surface area contributed by atoms with E-state index in [0.717, 1.165) is 54.3 Å². The van der Waals surface area contributed by atoms with Crippen molar-refractivity contribution in [2.45, 2.75) is 33.6 Å². The zero-order chi connectivity index (χ0) is 21.8. The molecule has 1 amide bonds. The van der Waals surface area contributed by atoms with Gasteiger partial charge in [0.1, 0.15) is 5.75 Å². The number of hydrogen-bond acceptors (Lipinski definition) is 5. The Bertz CT molecular complexity index is 1040. The van der Waals surface area contributed by atoms with Gasteiger partial charge in [-0.15, -0.1) is 0 Å². The summed E-state index contributed by atoms with van der Waals surface area (Å²) in [5, 5.41) is 3.09. The van der Waals surface area contributed by atoms with Crippen molar-refractivity contribution in [3.8, 4) is 11.6 Å². The third-order valence-corrected chi connectivity index (χ3v) is 5.54. The minimum atomic E-state index is -0.0183. The summed E-state index contributed by atoms with van der Waals surface area (Å²) in [4.78, 5) is 23.8. The fraction of sp³-hybridized carbons (Fsp3) is 0.320. The molecule has 6 nitrogen and oxygen atoms in total. The maximum Gasteiger partial charge on any atom is 0.263 e. The smallest absolute Gasteiger partial charge is 0.263 e. The predicted octanol–water partition coefficient (Wildman–Crippen LogP) is 5.05. The topological polar surface area (TPSA) is 67.4 Å². The van der Waals surface area contributed by atoms with Gasteiger partial charge in [0.15, 0.2) is 5.82 Å². The van der Waals surface area contributed by atoms with Crippen LogP contribution < -0.4 is 15.0 Å². The van der Waals surface area contributed by atoms with Crippen LogP contribution in [0.25, 0.3) is 0 Å². The van der Waals surface area contributed by atoms with Gasteiger partial charge < -0.3 is 15.0 Å². The first-order valence-electron chi connectivity index (χ1n) is 10.7. The van der Waals surface area contributed by atoms with Gasteiger partial charge in [0, 0.05) is 37.1 Å². The monoisotopic (exact) mass is 416 g/mol. The molecule has 1 fully saturated rings. The summed E-state index contributed by atoms with van der Waals surface area (Å²) >= 11 is 0. The number of ether oxygens (including phenoxy) is 1. The number of aromatic nitrogens is 2. The molecule has 1 aliphatic heterocycles. The van der Waals surface area contributed by atoms with Crippen molar-refractivity contribution in [3.05, 3.63) is 71.5 Å². The third kappa shape index (κ3) is 5.20.